The zero-order valence-corrected chi connectivity index (χ0v) is 6.62. The van der Waals surface area contributed by atoms with E-state index in [9.17, 15) is 26.3 Å². The second-order valence-electron chi connectivity index (χ2n) is 2.34. The average Bonchev–Trinajstić information content (AvgIpc) is 1.96. The van der Waals surface area contributed by atoms with Crippen LogP contribution >= 0.6 is 0 Å². The monoisotopic (exact) mass is 210 g/mol. The van der Waals surface area contributed by atoms with E-state index in [0.29, 0.717) is 0 Å². The lowest BCUT2D eigenvalue weighted by molar-refractivity contribution is -0.212. The Hall–Kier alpha value is -0.460. The van der Waals surface area contributed by atoms with Crippen LogP contribution in [-0.2, 0) is 4.74 Å². The first-order chi connectivity index (χ1) is 5.79. The highest BCUT2D eigenvalue weighted by atomic mass is 19.4. The van der Waals surface area contributed by atoms with Crippen LogP contribution in [0.3, 0.4) is 0 Å². The van der Waals surface area contributed by atoms with Gasteiger partial charge in [0.15, 0.2) is 0 Å². The molecule has 1 nitrogen and oxygen atoms in total. The Kier molecular flexibility index (Phi) is 4.52. The first-order valence-electron chi connectivity index (χ1n) is 3.30. The van der Waals surface area contributed by atoms with Crippen LogP contribution in [0.4, 0.5) is 26.3 Å². The van der Waals surface area contributed by atoms with Gasteiger partial charge in [-0.1, -0.05) is 0 Å². The minimum Gasteiger partial charge on any atom is -0.378 e. The van der Waals surface area contributed by atoms with Crippen LogP contribution in [0.25, 0.3) is 0 Å². The summed E-state index contributed by atoms with van der Waals surface area (Å²) in [5.74, 6) is 0. The van der Waals surface area contributed by atoms with Crippen LogP contribution in [0.15, 0.2) is 0 Å². The van der Waals surface area contributed by atoms with Crippen molar-refractivity contribution in [2.75, 3.05) is 7.11 Å². The molecule has 0 N–H and O–H groups in total. The Balaban J connectivity index is 4.23. The lowest BCUT2D eigenvalue weighted by Gasteiger charge is -2.21. The molecule has 0 amide bonds. The van der Waals surface area contributed by atoms with Crippen LogP contribution in [-0.4, -0.2) is 32.0 Å². The van der Waals surface area contributed by atoms with E-state index in [2.05, 4.69) is 4.74 Å². The Morgan fingerprint density at radius 2 is 1.62 bits per heavy atom. The Morgan fingerprint density at radius 3 is 1.85 bits per heavy atom. The van der Waals surface area contributed by atoms with Crippen molar-refractivity contribution >= 4 is 0 Å². The van der Waals surface area contributed by atoms with Gasteiger partial charge in [-0.3, -0.25) is 0 Å². The summed E-state index contributed by atoms with van der Waals surface area (Å²) in [4.78, 5) is 0. The van der Waals surface area contributed by atoms with E-state index in [1.807, 2.05) is 0 Å². The number of ether oxygens (including phenoxy) is 1. The van der Waals surface area contributed by atoms with Gasteiger partial charge in [0.25, 0.3) is 0 Å². The minimum absolute atomic E-state index is 0.755. The summed E-state index contributed by atoms with van der Waals surface area (Å²) in [6.07, 6.45) is -15.0. The van der Waals surface area contributed by atoms with E-state index in [-0.39, 0.29) is 0 Å². The van der Waals surface area contributed by atoms with Gasteiger partial charge in [0.05, 0.1) is 0 Å². The van der Waals surface area contributed by atoms with E-state index >= 15 is 0 Å². The van der Waals surface area contributed by atoms with E-state index in [1.54, 1.807) is 0 Å². The lowest BCUT2D eigenvalue weighted by Crippen LogP contribution is -2.38. The summed E-state index contributed by atoms with van der Waals surface area (Å²) in [6.45, 7) is 0. The minimum atomic E-state index is -5.16. The van der Waals surface area contributed by atoms with E-state index in [4.69, 9.17) is 0 Å². The molecule has 2 unspecified atom stereocenters. The summed E-state index contributed by atoms with van der Waals surface area (Å²) in [5.41, 5.74) is 0. The molecule has 0 heterocycles. The predicted molar refractivity (Wildman–Crippen MR) is 32.4 cm³/mol. The fourth-order valence-corrected chi connectivity index (χ4v) is 0.722. The van der Waals surface area contributed by atoms with Crippen LogP contribution in [0, 0.1) is 0 Å². The van der Waals surface area contributed by atoms with Gasteiger partial charge in [0, 0.05) is 13.5 Å². The maximum absolute atomic E-state index is 12.4. The summed E-state index contributed by atoms with van der Waals surface area (Å²) < 4.78 is 74.4. The molecule has 7 heteroatoms. The lowest BCUT2D eigenvalue weighted by atomic mass is 10.1. The third-order valence-corrected chi connectivity index (χ3v) is 1.35. The SMILES string of the molecule is COC(CC(F)F)C(F)C(F)(F)F. The molecule has 0 saturated carbocycles. The van der Waals surface area contributed by atoms with Gasteiger partial charge in [-0.25, -0.2) is 13.2 Å². The second-order valence-corrected chi connectivity index (χ2v) is 2.34. The van der Waals surface area contributed by atoms with Crippen molar-refractivity contribution in [3.63, 3.8) is 0 Å². The van der Waals surface area contributed by atoms with Gasteiger partial charge in [0.2, 0.25) is 12.6 Å². The maximum Gasteiger partial charge on any atom is 0.422 e. The first-order valence-corrected chi connectivity index (χ1v) is 3.30. The highest BCUT2D eigenvalue weighted by Crippen LogP contribution is 2.28. The van der Waals surface area contributed by atoms with Crippen molar-refractivity contribution in [1.29, 1.82) is 0 Å². The van der Waals surface area contributed by atoms with Gasteiger partial charge in [-0.2, -0.15) is 13.2 Å². The molecule has 13 heavy (non-hydrogen) atoms. The third-order valence-electron chi connectivity index (χ3n) is 1.35. The number of alkyl halides is 6. The molecule has 80 valence electrons. The van der Waals surface area contributed by atoms with E-state index in [0.717, 1.165) is 7.11 Å². The highest BCUT2D eigenvalue weighted by molar-refractivity contribution is 4.76. The number of rotatable bonds is 4. The van der Waals surface area contributed by atoms with E-state index < -0.39 is 31.3 Å². The number of hydrogen-bond acceptors (Lipinski definition) is 1. The molecule has 0 rings (SSSR count). The fraction of sp³-hybridized carbons (Fsp3) is 1.00. The zero-order chi connectivity index (χ0) is 10.6. The van der Waals surface area contributed by atoms with Crippen molar-refractivity contribution in [1.82, 2.24) is 0 Å². The molecule has 0 spiro atoms. The third kappa shape index (κ3) is 4.35. The molecular formula is C6H8F6O. The Labute approximate surface area is 70.7 Å². The average molecular weight is 210 g/mol. The van der Waals surface area contributed by atoms with Gasteiger partial charge in [-0.15, -0.1) is 0 Å². The molecule has 0 aliphatic rings. The summed E-state index contributed by atoms with van der Waals surface area (Å²) in [5, 5.41) is 0. The van der Waals surface area contributed by atoms with Crippen LogP contribution in [0.1, 0.15) is 6.42 Å². The molecule has 0 aromatic carbocycles. The highest BCUT2D eigenvalue weighted by Gasteiger charge is 2.46. The van der Waals surface area contributed by atoms with Crippen LogP contribution in [0.2, 0.25) is 0 Å². The molecule has 0 aromatic heterocycles. The molecule has 2 atom stereocenters. The smallest absolute Gasteiger partial charge is 0.378 e. The second kappa shape index (κ2) is 4.69. The number of halogens is 6. The molecule has 0 aliphatic carbocycles. The molecule has 0 saturated heterocycles. The van der Waals surface area contributed by atoms with Gasteiger partial charge < -0.3 is 4.74 Å². The Bertz CT molecular complexity index is 145. The van der Waals surface area contributed by atoms with Crippen LogP contribution < -0.4 is 0 Å². The van der Waals surface area contributed by atoms with Crippen molar-refractivity contribution in [2.24, 2.45) is 0 Å². The van der Waals surface area contributed by atoms with Gasteiger partial charge in [0.1, 0.15) is 6.10 Å². The number of hydrogen-bond donors (Lipinski definition) is 0. The van der Waals surface area contributed by atoms with Crippen molar-refractivity contribution in [3.8, 4) is 0 Å². The Morgan fingerprint density at radius 1 is 1.15 bits per heavy atom. The largest absolute Gasteiger partial charge is 0.422 e. The van der Waals surface area contributed by atoms with Crippen molar-refractivity contribution in [3.05, 3.63) is 0 Å². The maximum atomic E-state index is 12.4. The molecule has 0 fully saturated rings. The zero-order valence-electron chi connectivity index (χ0n) is 6.62. The topological polar surface area (TPSA) is 9.23 Å². The summed E-state index contributed by atoms with van der Waals surface area (Å²) in [7, 11) is 0.755. The standard InChI is InChI=1S/C6H8F6O/c1-13-3(2-4(7)8)5(9)6(10,11)12/h3-5H,2H2,1H3. The van der Waals surface area contributed by atoms with Crippen molar-refractivity contribution in [2.45, 2.75) is 31.3 Å². The van der Waals surface area contributed by atoms with Gasteiger partial charge >= 0.3 is 6.18 Å². The summed E-state index contributed by atoms with van der Waals surface area (Å²) >= 11 is 0. The molecule has 0 bridgehead atoms. The van der Waals surface area contributed by atoms with Crippen molar-refractivity contribution < 1.29 is 31.1 Å². The first kappa shape index (κ1) is 12.5. The van der Waals surface area contributed by atoms with Crippen LogP contribution in [0.5, 0.6) is 0 Å². The molecule has 0 aliphatic heterocycles. The predicted octanol–water partition coefficient (Wildman–Crippen LogP) is 2.56. The normalized spacial score (nSPS) is 17.5. The van der Waals surface area contributed by atoms with E-state index in [1.165, 1.54) is 0 Å². The molecule has 0 aromatic rings. The summed E-state index contributed by atoms with van der Waals surface area (Å²) in [6, 6.07) is 0. The molecule has 0 radical (unpaired) electrons. The molecular weight excluding hydrogens is 202 g/mol. The number of methoxy groups -OCH3 is 1. The van der Waals surface area contributed by atoms with Gasteiger partial charge in [-0.05, 0) is 0 Å². The fourth-order valence-electron chi connectivity index (χ4n) is 0.722. The quantitative estimate of drug-likeness (QED) is 0.648.